The largest absolute Gasteiger partial charge is 0.323 e. The summed E-state index contributed by atoms with van der Waals surface area (Å²) in [6.07, 6.45) is 0.938. The average molecular weight is 324 g/mol. The van der Waals surface area contributed by atoms with Gasteiger partial charge in [0.2, 0.25) is 0 Å². The molecule has 1 unspecified atom stereocenters. The fraction of sp³-hybridized carbons (Fsp3) is 0.250. The van der Waals surface area contributed by atoms with E-state index in [9.17, 15) is 8.42 Å². The number of hydrogen-bond donors (Lipinski definition) is 1. The summed E-state index contributed by atoms with van der Waals surface area (Å²) >= 11 is 5.96. The van der Waals surface area contributed by atoms with Crippen molar-refractivity contribution in [2.75, 3.05) is 5.75 Å². The van der Waals surface area contributed by atoms with Crippen LogP contribution in [0.15, 0.2) is 53.4 Å². The van der Waals surface area contributed by atoms with E-state index in [0.717, 1.165) is 12.0 Å². The summed E-state index contributed by atoms with van der Waals surface area (Å²) in [6.45, 7) is 2.07. The van der Waals surface area contributed by atoms with Crippen LogP contribution in [0.3, 0.4) is 0 Å². The standard InChI is InChI=1S/C16H18ClNO2S/c1-2-12-7-9-13(10-8-12)15(18)11-21(19,20)16-6-4-3-5-14(16)17/h3-10,15H,2,11,18H2,1H3. The average Bonchev–Trinajstić information content (AvgIpc) is 2.47. The molecule has 21 heavy (non-hydrogen) atoms. The monoisotopic (exact) mass is 323 g/mol. The van der Waals surface area contributed by atoms with Crippen molar-refractivity contribution in [3.05, 3.63) is 64.7 Å². The summed E-state index contributed by atoms with van der Waals surface area (Å²) in [7, 11) is -3.51. The Labute approximate surface area is 130 Å². The number of sulfone groups is 1. The Morgan fingerprint density at radius 3 is 2.29 bits per heavy atom. The fourth-order valence-electron chi connectivity index (χ4n) is 2.12. The van der Waals surface area contributed by atoms with Crippen molar-refractivity contribution in [3.8, 4) is 0 Å². The third-order valence-corrected chi connectivity index (χ3v) is 5.65. The highest BCUT2D eigenvalue weighted by Crippen LogP contribution is 2.24. The van der Waals surface area contributed by atoms with Crippen molar-refractivity contribution in [2.24, 2.45) is 5.73 Å². The topological polar surface area (TPSA) is 60.2 Å². The highest BCUT2D eigenvalue weighted by molar-refractivity contribution is 7.91. The molecular weight excluding hydrogens is 306 g/mol. The van der Waals surface area contributed by atoms with Gasteiger partial charge in [0.1, 0.15) is 0 Å². The third kappa shape index (κ3) is 3.84. The molecule has 0 heterocycles. The molecule has 0 saturated heterocycles. The van der Waals surface area contributed by atoms with E-state index in [1.807, 2.05) is 24.3 Å². The van der Waals surface area contributed by atoms with Gasteiger partial charge in [0, 0.05) is 6.04 Å². The summed E-state index contributed by atoms with van der Waals surface area (Å²) in [5, 5.41) is 0.228. The molecule has 0 amide bonds. The van der Waals surface area contributed by atoms with Crippen molar-refractivity contribution >= 4 is 21.4 Å². The molecular formula is C16H18ClNO2S. The predicted octanol–water partition coefficient (Wildman–Crippen LogP) is 3.38. The Balaban J connectivity index is 2.21. The number of aryl methyl sites for hydroxylation is 1. The Morgan fingerprint density at radius 2 is 1.71 bits per heavy atom. The molecule has 0 radical (unpaired) electrons. The van der Waals surface area contributed by atoms with Crippen LogP contribution in [0.4, 0.5) is 0 Å². The van der Waals surface area contributed by atoms with Gasteiger partial charge in [-0.25, -0.2) is 8.42 Å². The van der Waals surface area contributed by atoms with Gasteiger partial charge in [-0.3, -0.25) is 0 Å². The van der Waals surface area contributed by atoms with Gasteiger partial charge in [-0.05, 0) is 29.7 Å². The number of benzene rings is 2. The first-order valence-electron chi connectivity index (χ1n) is 6.75. The molecule has 5 heteroatoms. The molecule has 0 bridgehead atoms. The van der Waals surface area contributed by atoms with Gasteiger partial charge >= 0.3 is 0 Å². The van der Waals surface area contributed by atoms with Crippen LogP contribution < -0.4 is 5.73 Å². The highest BCUT2D eigenvalue weighted by atomic mass is 35.5. The zero-order chi connectivity index (χ0) is 15.5. The van der Waals surface area contributed by atoms with Gasteiger partial charge in [0.15, 0.2) is 9.84 Å². The van der Waals surface area contributed by atoms with E-state index in [1.165, 1.54) is 11.6 Å². The van der Waals surface area contributed by atoms with E-state index in [-0.39, 0.29) is 15.7 Å². The first-order valence-corrected chi connectivity index (χ1v) is 8.78. The van der Waals surface area contributed by atoms with Crippen LogP contribution in [-0.4, -0.2) is 14.2 Å². The summed E-state index contributed by atoms with van der Waals surface area (Å²) in [5.41, 5.74) is 8.04. The van der Waals surface area contributed by atoms with E-state index in [2.05, 4.69) is 6.92 Å². The molecule has 3 nitrogen and oxygen atoms in total. The summed E-state index contributed by atoms with van der Waals surface area (Å²) in [5.74, 6) is -0.164. The maximum atomic E-state index is 12.4. The number of nitrogens with two attached hydrogens (primary N) is 1. The molecule has 0 aromatic heterocycles. The summed E-state index contributed by atoms with van der Waals surface area (Å²) in [4.78, 5) is 0.132. The lowest BCUT2D eigenvalue weighted by molar-refractivity contribution is 0.589. The number of halogens is 1. The molecule has 0 fully saturated rings. The molecule has 0 aliphatic heterocycles. The van der Waals surface area contributed by atoms with Crippen molar-refractivity contribution in [2.45, 2.75) is 24.3 Å². The van der Waals surface area contributed by atoms with Crippen molar-refractivity contribution < 1.29 is 8.42 Å². The summed E-state index contributed by atoms with van der Waals surface area (Å²) < 4.78 is 24.8. The first kappa shape index (κ1) is 16.0. The van der Waals surface area contributed by atoms with E-state index >= 15 is 0 Å². The smallest absolute Gasteiger partial charge is 0.181 e. The molecule has 2 N–H and O–H groups in total. The van der Waals surface area contributed by atoms with E-state index < -0.39 is 15.9 Å². The minimum atomic E-state index is -3.51. The van der Waals surface area contributed by atoms with Crippen molar-refractivity contribution in [1.29, 1.82) is 0 Å². The minimum absolute atomic E-state index is 0.132. The number of hydrogen-bond acceptors (Lipinski definition) is 3. The van der Waals surface area contributed by atoms with Crippen LogP contribution in [-0.2, 0) is 16.3 Å². The zero-order valence-corrected chi connectivity index (χ0v) is 13.4. The van der Waals surface area contributed by atoms with Crippen molar-refractivity contribution in [1.82, 2.24) is 0 Å². The lowest BCUT2D eigenvalue weighted by Crippen LogP contribution is -2.22. The first-order chi connectivity index (χ1) is 9.94. The second kappa shape index (κ2) is 6.60. The van der Waals surface area contributed by atoms with Crippen LogP contribution in [0.25, 0.3) is 0 Å². The highest BCUT2D eigenvalue weighted by Gasteiger charge is 2.22. The minimum Gasteiger partial charge on any atom is -0.323 e. The van der Waals surface area contributed by atoms with Gasteiger partial charge < -0.3 is 5.73 Å². The quantitative estimate of drug-likeness (QED) is 0.917. The van der Waals surface area contributed by atoms with Crippen LogP contribution in [0.1, 0.15) is 24.1 Å². The lowest BCUT2D eigenvalue weighted by atomic mass is 10.1. The van der Waals surface area contributed by atoms with Crippen molar-refractivity contribution in [3.63, 3.8) is 0 Å². The summed E-state index contributed by atoms with van der Waals surface area (Å²) in [6, 6.07) is 13.6. The van der Waals surface area contributed by atoms with E-state index in [1.54, 1.807) is 18.2 Å². The maximum absolute atomic E-state index is 12.4. The molecule has 0 spiro atoms. The van der Waals surface area contributed by atoms with Crippen LogP contribution >= 0.6 is 11.6 Å². The SMILES string of the molecule is CCc1ccc(C(N)CS(=O)(=O)c2ccccc2Cl)cc1. The third-order valence-electron chi connectivity index (χ3n) is 3.39. The van der Waals surface area contributed by atoms with Gasteiger partial charge in [0.05, 0.1) is 15.7 Å². The number of rotatable bonds is 5. The second-order valence-corrected chi connectivity index (χ2v) is 7.32. The predicted molar refractivity (Wildman–Crippen MR) is 86.3 cm³/mol. The van der Waals surface area contributed by atoms with Gasteiger partial charge in [0.25, 0.3) is 0 Å². The second-order valence-electron chi connectivity index (χ2n) is 4.91. The molecule has 0 aliphatic rings. The Hall–Kier alpha value is -1.36. The molecule has 2 aromatic carbocycles. The fourth-order valence-corrected chi connectivity index (χ4v) is 4.10. The van der Waals surface area contributed by atoms with Crippen LogP contribution in [0.2, 0.25) is 5.02 Å². The molecule has 1 atom stereocenters. The maximum Gasteiger partial charge on any atom is 0.181 e. The van der Waals surface area contributed by atoms with E-state index in [0.29, 0.717) is 0 Å². The Kier molecular flexibility index (Phi) is 5.04. The molecule has 2 rings (SSSR count). The normalized spacial score (nSPS) is 13.1. The lowest BCUT2D eigenvalue weighted by Gasteiger charge is -2.14. The van der Waals surface area contributed by atoms with Crippen LogP contribution in [0, 0.1) is 0 Å². The molecule has 2 aromatic rings. The molecule has 0 aliphatic carbocycles. The van der Waals surface area contributed by atoms with Gasteiger partial charge in [-0.1, -0.05) is 54.9 Å². The Morgan fingerprint density at radius 1 is 1.10 bits per heavy atom. The Bertz CT molecular complexity index is 711. The van der Waals surface area contributed by atoms with Crippen LogP contribution in [0.5, 0.6) is 0 Å². The zero-order valence-electron chi connectivity index (χ0n) is 11.8. The van der Waals surface area contributed by atoms with E-state index in [4.69, 9.17) is 17.3 Å². The molecule has 112 valence electrons. The van der Waals surface area contributed by atoms with Gasteiger partial charge in [-0.15, -0.1) is 0 Å². The van der Waals surface area contributed by atoms with Gasteiger partial charge in [-0.2, -0.15) is 0 Å². The molecule has 0 saturated carbocycles.